The molecule has 0 aromatic heterocycles. The van der Waals surface area contributed by atoms with Crippen LogP contribution in [-0.2, 0) is 0 Å². The predicted octanol–water partition coefficient (Wildman–Crippen LogP) is 3.96. The Morgan fingerprint density at radius 2 is 1.35 bits per heavy atom. The molecule has 106 valence electrons. The molecule has 0 saturated carbocycles. The molecular formula is C15H36N2. The summed E-state index contributed by atoms with van der Waals surface area (Å²) >= 11 is 0. The normalized spacial score (nSPS) is 12.4. The minimum absolute atomic E-state index is 0.272. The van der Waals surface area contributed by atoms with Gasteiger partial charge in [0.25, 0.3) is 0 Å². The van der Waals surface area contributed by atoms with Crippen LogP contribution in [0.2, 0.25) is 0 Å². The third-order valence-corrected chi connectivity index (χ3v) is 1.91. The number of hydrogen-bond donors (Lipinski definition) is 2. The fourth-order valence-electron chi connectivity index (χ4n) is 1.51. The molecule has 0 fully saturated rings. The molecule has 2 heteroatoms. The second-order valence-corrected chi connectivity index (χ2v) is 7.08. The summed E-state index contributed by atoms with van der Waals surface area (Å²) in [4.78, 5) is 0. The van der Waals surface area contributed by atoms with Gasteiger partial charge in [-0.25, -0.2) is 0 Å². The number of hydrogen-bond acceptors (Lipinski definition) is 2. The van der Waals surface area contributed by atoms with Gasteiger partial charge in [0.1, 0.15) is 0 Å². The van der Waals surface area contributed by atoms with Gasteiger partial charge in [0, 0.05) is 17.1 Å². The van der Waals surface area contributed by atoms with E-state index in [0.29, 0.717) is 11.6 Å². The van der Waals surface area contributed by atoms with Crippen molar-refractivity contribution in [3.63, 3.8) is 0 Å². The molecule has 2 nitrogen and oxygen atoms in total. The zero-order valence-corrected chi connectivity index (χ0v) is 13.7. The van der Waals surface area contributed by atoms with Crippen molar-refractivity contribution in [2.24, 2.45) is 0 Å². The van der Waals surface area contributed by atoms with Gasteiger partial charge in [0.15, 0.2) is 0 Å². The lowest BCUT2D eigenvalue weighted by atomic mass is 10.1. The molecule has 0 heterocycles. The highest BCUT2D eigenvalue weighted by Crippen LogP contribution is 1.99. The molecule has 0 bridgehead atoms. The van der Waals surface area contributed by atoms with Gasteiger partial charge in [-0.1, -0.05) is 27.2 Å². The summed E-state index contributed by atoms with van der Waals surface area (Å²) < 4.78 is 0. The van der Waals surface area contributed by atoms with Gasteiger partial charge in [0.2, 0.25) is 0 Å². The van der Waals surface area contributed by atoms with Crippen LogP contribution in [0.25, 0.3) is 0 Å². The SMILES string of the molecule is CC(C)NC(C)(C)C.CCCCNC(C)(C)C. The minimum atomic E-state index is 0.272. The Morgan fingerprint density at radius 1 is 0.882 bits per heavy atom. The molecular weight excluding hydrogens is 208 g/mol. The Labute approximate surface area is 110 Å². The van der Waals surface area contributed by atoms with E-state index >= 15 is 0 Å². The van der Waals surface area contributed by atoms with Crippen LogP contribution < -0.4 is 10.6 Å². The van der Waals surface area contributed by atoms with Crippen LogP contribution in [0, 0.1) is 0 Å². The highest BCUT2D eigenvalue weighted by atomic mass is 15.0. The smallest absolute Gasteiger partial charge is 0.00988 e. The number of nitrogens with one attached hydrogen (secondary N) is 2. The second kappa shape index (κ2) is 8.93. The van der Waals surface area contributed by atoms with Crippen LogP contribution in [0.5, 0.6) is 0 Å². The maximum Gasteiger partial charge on any atom is 0.00988 e. The molecule has 17 heavy (non-hydrogen) atoms. The van der Waals surface area contributed by atoms with Crippen LogP contribution >= 0.6 is 0 Å². The van der Waals surface area contributed by atoms with Gasteiger partial charge in [-0.2, -0.15) is 0 Å². The Morgan fingerprint density at radius 3 is 1.53 bits per heavy atom. The average Bonchev–Trinajstić information content (AvgIpc) is 1.98. The summed E-state index contributed by atoms with van der Waals surface area (Å²) in [7, 11) is 0. The molecule has 0 saturated heterocycles. The van der Waals surface area contributed by atoms with E-state index in [1.54, 1.807) is 0 Å². The third kappa shape index (κ3) is 25.9. The number of rotatable bonds is 4. The largest absolute Gasteiger partial charge is 0.312 e. The zero-order chi connectivity index (χ0) is 14.1. The third-order valence-electron chi connectivity index (χ3n) is 1.91. The van der Waals surface area contributed by atoms with Gasteiger partial charge < -0.3 is 10.6 Å². The molecule has 0 atom stereocenters. The van der Waals surface area contributed by atoms with Crippen molar-refractivity contribution in [2.45, 2.75) is 92.3 Å². The van der Waals surface area contributed by atoms with E-state index in [1.807, 2.05) is 0 Å². The molecule has 0 aromatic rings. The standard InChI is InChI=1S/C8H19N.C7H17N/c1-5-6-7-9-8(2,3)4;1-6(2)8-7(3,4)5/h9H,5-7H2,1-4H3;6,8H,1-5H3. The molecule has 0 rings (SSSR count). The van der Waals surface area contributed by atoms with Crippen LogP contribution in [0.3, 0.4) is 0 Å². The summed E-state index contributed by atoms with van der Waals surface area (Å²) in [6.07, 6.45) is 2.57. The monoisotopic (exact) mass is 244 g/mol. The Balaban J connectivity index is 0. The molecule has 0 aliphatic heterocycles. The summed E-state index contributed by atoms with van der Waals surface area (Å²) in [5, 5.41) is 6.80. The van der Waals surface area contributed by atoms with Gasteiger partial charge in [-0.05, 0) is 54.5 Å². The van der Waals surface area contributed by atoms with Crippen molar-refractivity contribution in [2.75, 3.05) is 6.54 Å². The summed E-state index contributed by atoms with van der Waals surface area (Å²) in [5.41, 5.74) is 0.573. The van der Waals surface area contributed by atoms with Crippen molar-refractivity contribution >= 4 is 0 Å². The van der Waals surface area contributed by atoms with E-state index in [9.17, 15) is 0 Å². The highest BCUT2D eigenvalue weighted by molar-refractivity contribution is 4.72. The van der Waals surface area contributed by atoms with E-state index in [2.05, 4.69) is 72.9 Å². The summed E-state index contributed by atoms with van der Waals surface area (Å²) in [6, 6.07) is 0.593. The quantitative estimate of drug-likeness (QED) is 0.732. The van der Waals surface area contributed by atoms with Crippen molar-refractivity contribution < 1.29 is 0 Å². The lowest BCUT2D eigenvalue weighted by Gasteiger charge is -2.23. The van der Waals surface area contributed by atoms with Gasteiger partial charge in [0.05, 0.1) is 0 Å². The van der Waals surface area contributed by atoms with E-state index in [-0.39, 0.29) is 5.54 Å². The lowest BCUT2D eigenvalue weighted by Crippen LogP contribution is -2.40. The zero-order valence-electron chi connectivity index (χ0n) is 13.7. The first-order chi connectivity index (χ1) is 7.48. The van der Waals surface area contributed by atoms with Crippen molar-refractivity contribution in [3.8, 4) is 0 Å². The second-order valence-electron chi connectivity index (χ2n) is 7.08. The molecule has 0 aliphatic carbocycles. The van der Waals surface area contributed by atoms with Crippen molar-refractivity contribution in [3.05, 3.63) is 0 Å². The van der Waals surface area contributed by atoms with E-state index in [0.717, 1.165) is 6.54 Å². The van der Waals surface area contributed by atoms with Crippen LogP contribution in [0.4, 0.5) is 0 Å². The first-order valence-corrected chi connectivity index (χ1v) is 7.00. The van der Waals surface area contributed by atoms with E-state index < -0.39 is 0 Å². The first kappa shape index (κ1) is 19.3. The number of unbranched alkanes of at least 4 members (excludes halogenated alkanes) is 1. The molecule has 0 aromatic carbocycles. The minimum Gasteiger partial charge on any atom is -0.312 e. The predicted molar refractivity (Wildman–Crippen MR) is 80.7 cm³/mol. The topological polar surface area (TPSA) is 24.1 Å². The fourth-order valence-corrected chi connectivity index (χ4v) is 1.51. The van der Waals surface area contributed by atoms with Crippen LogP contribution in [0.1, 0.15) is 75.2 Å². The van der Waals surface area contributed by atoms with E-state index in [1.165, 1.54) is 12.8 Å². The highest BCUT2D eigenvalue weighted by Gasteiger charge is 2.09. The Kier molecular flexibility index (Phi) is 10.1. The van der Waals surface area contributed by atoms with Gasteiger partial charge >= 0.3 is 0 Å². The first-order valence-electron chi connectivity index (χ1n) is 7.00. The maximum atomic E-state index is 3.42. The molecule has 0 spiro atoms. The van der Waals surface area contributed by atoms with Crippen molar-refractivity contribution in [1.29, 1.82) is 0 Å². The van der Waals surface area contributed by atoms with Gasteiger partial charge in [-0.3, -0.25) is 0 Å². The lowest BCUT2D eigenvalue weighted by molar-refractivity contribution is 0.386. The molecule has 0 radical (unpaired) electrons. The van der Waals surface area contributed by atoms with Crippen LogP contribution in [0.15, 0.2) is 0 Å². The molecule has 0 unspecified atom stereocenters. The summed E-state index contributed by atoms with van der Waals surface area (Å²) in [6.45, 7) is 20.8. The fraction of sp³-hybridized carbons (Fsp3) is 1.00. The molecule has 0 amide bonds. The Bertz CT molecular complexity index is 161. The summed E-state index contributed by atoms with van der Waals surface area (Å²) in [5.74, 6) is 0. The Hall–Kier alpha value is -0.0800. The molecule has 2 N–H and O–H groups in total. The molecule has 0 aliphatic rings. The van der Waals surface area contributed by atoms with E-state index in [4.69, 9.17) is 0 Å². The van der Waals surface area contributed by atoms with Gasteiger partial charge in [-0.15, -0.1) is 0 Å². The van der Waals surface area contributed by atoms with Crippen molar-refractivity contribution in [1.82, 2.24) is 10.6 Å². The van der Waals surface area contributed by atoms with Crippen LogP contribution in [-0.4, -0.2) is 23.7 Å². The average molecular weight is 244 g/mol. The maximum absolute atomic E-state index is 3.42.